The molecule has 1 aromatic carbocycles. The third-order valence-electron chi connectivity index (χ3n) is 3.75. The fourth-order valence-corrected chi connectivity index (χ4v) is 2.62. The van der Waals surface area contributed by atoms with Gasteiger partial charge in [0.2, 0.25) is 5.91 Å². The van der Waals surface area contributed by atoms with Crippen LogP contribution < -0.4 is 0 Å². The van der Waals surface area contributed by atoms with Crippen molar-refractivity contribution < 1.29 is 22.8 Å². The average Bonchev–Trinajstić information content (AvgIpc) is 2.91. The van der Waals surface area contributed by atoms with Crippen LogP contribution in [0.1, 0.15) is 28.8 Å². The maximum absolute atomic E-state index is 12.6. The number of carbonyl (C=O) groups is 2. The van der Waals surface area contributed by atoms with E-state index in [1.54, 1.807) is 17.0 Å². The van der Waals surface area contributed by atoms with Crippen LogP contribution in [0.2, 0.25) is 0 Å². The third kappa shape index (κ3) is 4.84. The first kappa shape index (κ1) is 18.0. The van der Waals surface area contributed by atoms with Gasteiger partial charge in [0.1, 0.15) is 6.54 Å². The lowest BCUT2D eigenvalue weighted by molar-refractivity contribution is -0.139. The van der Waals surface area contributed by atoms with Crippen molar-refractivity contribution in [2.24, 2.45) is 0 Å². The lowest BCUT2D eigenvalue weighted by atomic mass is 10.1. The van der Waals surface area contributed by atoms with Gasteiger partial charge in [-0.2, -0.15) is 13.2 Å². The normalized spacial score (nSPS) is 14.8. The standard InChI is InChI=1S/C17H19F3N2O2/c1-2-9-22(12-17(18,19)20)16(24)14-7-5-13(6-8-14)11-21-10-3-4-15(21)23/h2,5-8H,1,3-4,9-12H2. The fourth-order valence-electron chi connectivity index (χ4n) is 2.62. The molecular weight excluding hydrogens is 321 g/mol. The summed E-state index contributed by atoms with van der Waals surface area (Å²) in [5.41, 5.74) is 1.02. The van der Waals surface area contributed by atoms with Gasteiger partial charge >= 0.3 is 6.18 Å². The molecule has 1 fully saturated rings. The van der Waals surface area contributed by atoms with Crippen molar-refractivity contribution in [2.45, 2.75) is 25.6 Å². The third-order valence-corrected chi connectivity index (χ3v) is 3.75. The molecule has 130 valence electrons. The molecule has 2 amide bonds. The number of alkyl halides is 3. The first-order valence-corrected chi connectivity index (χ1v) is 7.64. The van der Waals surface area contributed by atoms with Gasteiger partial charge in [0.15, 0.2) is 0 Å². The molecule has 1 aromatic rings. The van der Waals surface area contributed by atoms with E-state index in [0.717, 1.165) is 12.0 Å². The van der Waals surface area contributed by atoms with Crippen LogP contribution >= 0.6 is 0 Å². The average molecular weight is 340 g/mol. The smallest absolute Gasteiger partial charge is 0.338 e. The van der Waals surface area contributed by atoms with Gasteiger partial charge in [0.05, 0.1) is 0 Å². The number of likely N-dealkylation sites (tertiary alicyclic amines) is 1. The molecule has 0 N–H and O–H groups in total. The van der Waals surface area contributed by atoms with Crippen molar-refractivity contribution in [1.82, 2.24) is 9.80 Å². The molecule has 24 heavy (non-hydrogen) atoms. The molecule has 1 aliphatic heterocycles. The summed E-state index contributed by atoms with van der Waals surface area (Å²) in [7, 11) is 0. The van der Waals surface area contributed by atoms with Gasteiger partial charge in [-0.05, 0) is 24.1 Å². The minimum Gasteiger partial charge on any atom is -0.338 e. The number of nitrogens with zero attached hydrogens (tertiary/aromatic N) is 2. The predicted molar refractivity (Wildman–Crippen MR) is 83.2 cm³/mol. The topological polar surface area (TPSA) is 40.6 Å². The maximum Gasteiger partial charge on any atom is 0.406 e. The Kier molecular flexibility index (Phi) is 5.64. The van der Waals surface area contributed by atoms with E-state index in [9.17, 15) is 22.8 Å². The molecule has 1 aliphatic rings. The highest BCUT2D eigenvalue weighted by Crippen LogP contribution is 2.19. The molecule has 0 saturated carbocycles. The van der Waals surface area contributed by atoms with Crippen molar-refractivity contribution >= 4 is 11.8 Å². The molecule has 2 rings (SSSR count). The molecule has 0 bridgehead atoms. The zero-order valence-electron chi connectivity index (χ0n) is 13.2. The van der Waals surface area contributed by atoms with Crippen molar-refractivity contribution in [3.05, 3.63) is 48.0 Å². The van der Waals surface area contributed by atoms with Crippen molar-refractivity contribution in [3.8, 4) is 0 Å². The van der Waals surface area contributed by atoms with E-state index in [0.29, 0.717) is 24.4 Å². The van der Waals surface area contributed by atoms with Crippen molar-refractivity contribution in [3.63, 3.8) is 0 Å². The summed E-state index contributed by atoms with van der Waals surface area (Å²) in [5, 5.41) is 0. The molecule has 1 saturated heterocycles. The van der Waals surface area contributed by atoms with E-state index in [1.165, 1.54) is 18.2 Å². The maximum atomic E-state index is 12.6. The largest absolute Gasteiger partial charge is 0.406 e. The highest BCUT2D eigenvalue weighted by atomic mass is 19.4. The van der Waals surface area contributed by atoms with Gasteiger partial charge in [-0.1, -0.05) is 18.2 Å². The minimum atomic E-state index is -4.46. The molecule has 0 radical (unpaired) electrons. The van der Waals surface area contributed by atoms with Crippen LogP contribution in [0.4, 0.5) is 13.2 Å². The molecule has 0 aliphatic carbocycles. The molecular formula is C17H19F3N2O2. The Bertz CT molecular complexity index is 611. The summed E-state index contributed by atoms with van der Waals surface area (Å²) in [6.07, 6.45) is -1.82. The molecule has 7 heteroatoms. The predicted octanol–water partition coefficient (Wildman–Crippen LogP) is 3.00. The SMILES string of the molecule is C=CCN(CC(F)(F)F)C(=O)c1ccc(CN2CCCC2=O)cc1. The fraction of sp³-hybridized carbons (Fsp3) is 0.412. The Balaban J connectivity index is 2.06. The van der Waals surface area contributed by atoms with Crippen LogP contribution in [-0.4, -0.2) is 47.4 Å². The van der Waals surface area contributed by atoms with Gasteiger partial charge in [0.25, 0.3) is 5.91 Å². The number of hydrogen-bond acceptors (Lipinski definition) is 2. The lowest BCUT2D eigenvalue weighted by Gasteiger charge is -2.23. The van der Waals surface area contributed by atoms with Gasteiger partial charge in [-0.3, -0.25) is 9.59 Å². The van der Waals surface area contributed by atoms with Crippen molar-refractivity contribution in [2.75, 3.05) is 19.6 Å². The highest BCUT2D eigenvalue weighted by Gasteiger charge is 2.32. The highest BCUT2D eigenvalue weighted by molar-refractivity contribution is 5.94. The quantitative estimate of drug-likeness (QED) is 0.747. The van der Waals surface area contributed by atoms with E-state index in [1.807, 2.05) is 0 Å². The summed E-state index contributed by atoms with van der Waals surface area (Å²) in [6.45, 7) is 3.05. The molecule has 0 atom stereocenters. The Labute approximate surface area is 138 Å². The van der Waals surface area contributed by atoms with Crippen LogP contribution in [0.5, 0.6) is 0 Å². The molecule has 0 aromatic heterocycles. The van der Waals surface area contributed by atoms with E-state index < -0.39 is 18.6 Å². The Morgan fingerprint density at radius 3 is 2.46 bits per heavy atom. The second-order valence-corrected chi connectivity index (χ2v) is 5.71. The summed E-state index contributed by atoms with van der Waals surface area (Å²) in [5.74, 6) is -0.603. The molecule has 0 spiro atoms. The number of rotatable bonds is 6. The van der Waals surface area contributed by atoms with Gasteiger partial charge < -0.3 is 9.80 Å². The van der Waals surface area contributed by atoms with Crippen LogP contribution in [0.15, 0.2) is 36.9 Å². The number of amides is 2. The summed E-state index contributed by atoms with van der Waals surface area (Å²) < 4.78 is 37.7. The second kappa shape index (κ2) is 7.51. The zero-order valence-corrected chi connectivity index (χ0v) is 13.2. The first-order valence-electron chi connectivity index (χ1n) is 7.64. The van der Waals surface area contributed by atoms with E-state index in [4.69, 9.17) is 0 Å². The Morgan fingerprint density at radius 2 is 1.96 bits per heavy atom. The van der Waals surface area contributed by atoms with Gasteiger partial charge in [-0.15, -0.1) is 6.58 Å². The number of benzene rings is 1. The lowest BCUT2D eigenvalue weighted by Crippen LogP contribution is -2.39. The Hall–Kier alpha value is -2.31. The number of halogens is 3. The van der Waals surface area contributed by atoms with Crippen LogP contribution in [-0.2, 0) is 11.3 Å². The van der Waals surface area contributed by atoms with Crippen molar-refractivity contribution in [1.29, 1.82) is 0 Å². The first-order chi connectivity index (χ1) is 11.3. The molecule has 4 nitrogen and oxygen atoms in total. The van der Waals surface area contributed by atoms with Crippen LogP contribution in [0.25, 0.3) is 0 Å². The van der Waals surface area contributed by atoms with E-state index >= 15 is 0 Å². The van der Waals surface area contributed by atoms with Gasteiger partial charge in [0, 0.05) is 31.6 Å². The summed E-state index contributed by atoms with van der Waals surface area (Å²) in [6, 6.07) is 6.31. The summed E-state index contributed by atoms with van der Waals surface area (Å²) >= 11 is 0. The molecule has 0 unspecified atom stereocenters. The summed E-state index contributed by atoms with van der Waals surface area (Å²) in [4.78, 5) is 26.3. The van der Waals surface area contributed by atoms with E-state index in [-0.39, 0.29) is 18.0 Å². The van der Waals surface area contributed by atoms with Crippen LogP contribution in [0.3, 0.4) is 0 Å². The zero-order chi connectivity index (χ0) is 17.7. The minimum absolute atomic E-state index is 0.0949. The van der Waals surface area contributed by atoms with Gasteiger partial charge in [-0.25, -0.2) is 0 Å². The monoisotopic (exact) mass is 340 g/mol. The number of hydrogen-bond donors (Lipinski definition) is 0. The van der Waals surface area contributed by atoms with Crippen LogP contribution in [0, 0.1) is 0 Å². The van der Waals surface area contributed by atoms with E-state index in [2.05, 4.69) is 6.58 Å². The Morgan fingerprint density at radius 1 is 1.29 bits per heavy atom. The number of carbonyl (C=O) groups excluding carboxylic acids is 2. The molecule has 1 heterocycles. The second-order valence-electron chi connectivity index (χ2n) is 5.71.